The Morgan fingerprint density at radius 1 is 1.12 bits per heavy atom. The monoisotopic (exact) mass is 548 g/mol. The molecular formula is C31H28N6O2S. The molecule has 1 N–H and O–H groups in total. The number of fused-ring (bicyclic) bond motifs is 2. The molecule has 0 spiro atoms. The van der Waals surface area contributed by atoms with Crippen LogP contribution < -0.4 is 4.74 Å². The molecule has 4 aromatic rings. The maximum atomic E-state index is 13.1. The van der Waals surface area contributed by atoms with E-state index in [0.29, 0.717) is 29.3 Å². The number of pyridine rings is 1. The van der Waals surface area contributed by atoms with Gasteiger partial charge >= 0.3 is 0 Å². The number of ether oxygens (including phenoxy) is 1. The lowest BCUT2D eigenvalue weighted by molar-refractivity contribution is -0.114. The molecule has 1 amide bonds. The average molecular weight is 549 g/mol. The first kappa shape index (κ1) is 25.8. The number of hydrogen-bond donors (Lipinski definition) is 1. The van der Waals surface area contributed by atoms with E-state index in [4.69, 9.17) is 10.1 Å². The van der Waals surface area contributed by atoms with Crippen molar-refractivity contribution in [2.75, 3.05) is 6.61 Å². The minimum absolute atomic E-state index is 0.00205. The molecule has 6 rings (SSSR count). The normalized spacial score (nSPS) is 16.1. The maximum Gasteiger partial charge on any atom is 0.283 e. The second-order valence-corrected chi connectivity index (χ2v) is 11.0. The third-order valence-corrected chi connectivity index (χ3v) is 7.82. The van der Waals surface area contributed by atoms with Crippen molar-refractivity contribution in [3.8, 4) is 5.75 Å². The summed E-state index contributed by atoms with van der Waals surface area (Å²) in [4.78, 5) is 21.4. The van der Waals surface area contributed by atoms with Gasteiger partial charge < -0.3 is 9.30 Å². The number of para-hydroxylation sites is 1. The first-order chi connectivity index (χ1) is 19.4. The number of hydrogen-bond acceptors (Lipinski definition) is 6. The molecule has 0 fully saturated rings. The van der Waals surface area contributed by atoms with Gasteiger partial charge in [-0.25, -0.2) is 0 Å². The van der Waals surface area contributed by atoms with Crippen LogP contribution in [0.2, 0.25) is 0 Å². The van der Waals surface area contributed by atoms with E-state index in [2.05, 4.69) is 64.7 Å². The molecule has 200 valence electrons. The van der Waals surface area contributed by atoms with E-state index in [0.717, 1.165) is 27.8 Å². The van der Waals surface area contributed by atoms with Crippen LogP contribution in [0, 0.1) is 12.3 Å². The smallest absolute Gasteiger partial charge is 0.283 e. The van der Waals surface area contributed by atoms with Gasteiger partial charge in [-0.05, 0) is 66.1 Å². The van der Waals surface area contributed by atoms with Crippen LogP contribution >= 0.6 is 11.8 Å². The van der Waals surface area contributed by atoms with Gasteiger partial charge in [0, 0.05) is 40.6 Å². The number of thioether (sulfide) groups is 1. The van der Waals surface area contributed by atoms with E-state index in [1.54, 1.807) is 18.5 Å². The molecule has 0 unspecified atom stereocenters. The number of aliphatic imine (C=N–C) groups is 1. The summed E-state index contributed by atoms with van der Waals surface area (Å²) in [5.74, 6) is 0.833. The van der Waals surface area contributed by atoms with Crippen molar-refractivity contribution >= 4 is 50.7 Å². The quantitative estimate of drug-likeness (QED) is 0.277. The maximum absolute atomic E-state index is 13.1. The molecule has 0 atom stereocenters. The number of benzene rings is 2. The Bertz CT molecular complexity index is 1740. The average Bonchev–Trinajstić information content (AvgIpc) is 3.53. The molecule has 0 saturated carbocycles. The Hall–Kier alpha value is -4.50. The lowest BCUT2D eigenvalue weighted by atomic mass is 10.0. The second-order valence-electron chi connectivity index (χ2n) is 10.0. The number of rotatable bonds is 7. The standard InChI is InChI=1S/C31H28N6O2S/c1-19(2)23-11-10-20(3)15-27(23)39-14-13-36-18-22(24-8-4-5-9-26(24)36)16-25-28(32)37-31(34-29(25)38)40-30(35-37)21-7-6-12-33-17-21/h4-12,15-19,32H,13-14H2,1-3H3/b25-16-,32-28?. The van der Waals surface area contributed by atoms with Crippen LogP contribution in [0.3, 0.4) is 0 Å². The van der Waals surface area contributed by atoms with Gasteiger partial charge in [-0.3, -0.25) is 15.2 Å². The topological polar surface area (TPSA) is 95.9 Å². The number of hydrazone groups is 1. The fraction of sp³-hybridized carbons (Fsp3) is 0.194. The number of aryl methyl sites for hydroxylation is 1. The van der Waals surface area contributed by atoms with Crippen molar-refractivity contribution in [1.82, 2.24) is 14.6 Å². The van der Waals surface area contributed by atoms with Crippen molar-refractivity contribution < 1.29 is 9.53 Å². The van der Waals surface area contributed by atoms with Gasteiger partial charge in [0.15, 0.2) is 5.84 Å². The predicted molar refractivity (Wildman–Crippen MR) is 161 cm³/mol. The number of nitrogens with one attached hydrogen (secondary N) is 1. The van der Waals surface area contributed by atoms with Crippen LogP contribution in [0.25, 0.3) is 17.0 Å². The first-order valence-electron chi connectivity index (χ1n) is 13.1. The highest BCUT2D eigenvalue weighted by Crippen LogP contribution is 2.32. The lowest BCUT2D eigenvalue weighted by Gasteiger charge is -2.20. The zero-order valence-electron chi connectivity index (χ0n) is 22.5. The number of amidine groups is 2. The van der Waals surface area contributed by atoms with E-state index in [9.17, 15) is 4.79 Å². The summed E-state index contributed by atoms with van der Waals surface area (Å²) >= 11 is 1.26. The Kier molecular flexibility index (Phi) is 6.81. The Morgan fingerprint density at radius 2 is 1.98 bits per heavy atom. The molecule has 9 heteroatoms. The Balaban J connectivity index is 1.27. The van der Waals surface area contributed by atoms with Crippen molar-refractivity contribution in [2.24, 2.45) is 10.1 Å². The molecule has 0 saturated heterocycles. The number of amides is 1. The molecule has 2 aliphatic heterocycles. The van der Waals surface area contributed by atoms with Crippen LogP contribution in [0.1, 0.15) is 42.0 Å². The van der Waals surface area contributed by atoms with Gasteiger partial charge in [0.1, 0.15) is 17.4 Å². The minimum Gasteiger partial charge on any atom is -0.491 e. The van der Waals surface area contributed by atoms with E-state index in [-0.39, 0.29) is 11.4 Å². The van der Waals surface area contributed by atoms with Crippen LogP contribution in [0.5, 0.6) is 5.75 Å². The Labute approximate surface area is 236 Å². The largest absolute Gasteiger partial charge is 0.491 e. The number of carbonyl (C=O) groups excluding carboxylic acids is 1. The third kappa shape index (κ3) is 4.84. The molecule has 40 heavy (non-hydrogen) atoms. The molecular weight excluding hydrogens is 520 g/mol. The van der Waals surface area contributed by atoms with Crippen LogP contribution in [0.15, 0.2) is 88.9 Å². The number of aromatic nitrogens is 2. The number of carbonyl (C=O) groups is 1. The van der Waals surface area contributed by atoms with E-state index < -0.39 is 5.91 Å². The van der Waals surface area contributed by atoms with Gasteiger partial charge in [0.2, 0.25) is 5.17 Å². The summed E-state index contributed by atoms with van der Waals surface area (Å²) in [6, 6.07) is 18.1. The molecule has 2 aromatic heterocycles. The van der Waals surface area contributed by atoms with Crippen LogP contribution in [-0.2, 0) is 11.3 Å². The minimum atomic E-state index is -0.452. The zero-order chi connectivity index (χ0) is 27.8. The summed E-state index contributed by atoms with van der Waals surface area (Å²) in [5.41, 5.74) is 5.23. The van der Waals surface area contributed by atoms with Crippen molar-refractivity contribution in [3.05, 3.63) is 101 Å². The molecule has 0 bridgehead atoms. The first-order valence-corrected chi connectivity index (χ1v) is 13.9. The highest BCUT2D eigenvalue weighted by Gasteiger charge is 2.36. The van der Waals surface area contributed by atoms with Gasteiger partial charge in [0.05, 0.1) is 12.1 Å². The predicted octanol–water partition coefficient (Wildman–Crippen LogP) is 6.21. The lowest BCUT2D eigenvalue weighted by Crippen LogP contribution is -2.35. The molecule has 2 aliphatic rings. The molecule has 8 nitrogen and oxygen atoms in total. The Morgan fingerprint density at radius 3 is 2.77 bits per heavy atom. The fourth-order valence-electron chi connectivity index (χ4n) is 4.83. The van der Waals surface area contributed by atoms with Crippen molar-refractivity contribution in [2.45, 2.75) is 33.2 Å². The number of nitrogens with zero attached hydrogens (tertiary/aromatic N) is 5. The van der Waals surface area contributed by atoms with E-state index >= 15 is 0 Å². The van der Waals surface area contributed by atoms with Crippen LogP contribution in [0.4, 0.5) is 0 Å². The van der Waals surface area contributed by atoms with E-state index in [1.165, 1.54) is 27.9 Å². The zero-order valence-corrected chi connectivity index (χ0v) is 23.3. The highest BCUT2D eigenvalue weighted by molar-refractivity contribution is 8.27. The molecule has 4 heterocycles. The summed E-state index contributed by atoms with van der Waals surface area (Å²) in [6.07, 6.45) is 7.14. The molecule has 0 radical (unpaired) electrons. The van der Waals surface area contributed by atoms with Gasteiger partial charge in [-0.1, -0.05) is 44.2 Å². The molecule has 2 aromatic carbocycles. The van der Waals surface area contributed by atoms with Gasteiger partial charge in [-0.2, -0.15) is 15.1 Å². The van der Waals surface area contributed by atoms with Crippen LogP contribution in [-0.4, -0.2) is 43.1 Å². The van der Waals surface area contributed by atoms with Crippen molar-refractivity contribution in [3.63, 3.8) is 0 Å². The highest BCUT2D eigenvalue weighted by atomic mass is 32.2. The van der Waals surface area contributed by atoms with Gasteiger partial charge in [0.25, 0.3) is 5.91 Å². The summed E-state index contributed by atoms with van der Waals surface area (Å²) < 4.78 is 8.38. The summed E-state index contributed by atoms with van der Waals surface area (Å²) in [6.45, 7) is 7.53. The van der Waals surface area contributed by atoms with Gasteiger partial charge in [-0.15, -0.1) is 0 Å². The molecule has 0 aliphatic carbocycles. The fourth-order valence-corrected chi connectivity index (χ4v) is 5.71. The summed E-state index contributed by atoms with van der Waals surface area (Å²) in [7, 11) is 0. The summed E-state index contributed by atoms with van der Waals surface area (Å²) in [5, 5.41) is 16.8. The van der Waals surface area contributed by atoms with Crippen molar-refractivity contribution in [1.29, 1.82) is 5.41 Å². The second kappa shape index (κ2) is 10.6. The third-order valence-electron chi connectivity index (χ3n) is 6.86. The van der Waals surface area contributed by atoms with E-state index in [1.807, 2.05) is 36.5 Å². The SMILES string of the molecule is Cc1ccc(C(C)C)c(OCCn2cc(/C=C3/C(=N)N4N=C(c5cccnc5)SC4=NC3=O)c3ccccc32)c1.